The molecule has 0 saturated heterocycles. The SMILES string of the molecule is CCC(COC(=O)Nc1ccc(Cc2ccc(N=C=O)cc2)cc1)(COC(=O)Nc1ccc(Cc2ccc(N=C=O)cc2)cc1)COC(=O)Nc1ccc(Cc2ccc(N=C=O)cc2)cc1. The highest BCUT2D eigenvalue weighted by atomic mass is 16.6. The van der Waals surface area contributed by atoms with Crippen molar-refractivity contribution in [3.63, 3.8) is 0 Å². The lowest BCUT2D eigenvalue weighted by Gasteiger charge is -2.31. The van der Waals surface area contributed by atoms with Crippen LogP contribution in [-0.2, 0) is 47.9 Å². The van der Waals surface area contributed by atoms with Crippen molar-refractivity contribution < 1.29 is 43.0 Å². The summed E-state index contributed by atoms with van der Waals surface area (Å²) in [5, 5.41) is 8.14. The number of aliphatic imine (C=N–C) groups is 3. The van der Waals surface area contributed by atoms with Gasteiger partial charge in [0.25, 0.3) is 0 Å². The molecule has 0 aliphatic heterocycles. The molecule has 0 unspecified atom stereocenters. The molecule has 332 valence electrons. The predicted octanol–water partition coefficient (Wildman–Crippen LogP) is 10.8. The van der Waals surface area contributed by atoms with Crippen LogP contribution in [0.2, 0.25) is 0 Å². The lowest BCUT2D eigenvalue weighted by molar-refractivity contribution is -0.0104. The number of ether oxygens (including phenoxy) is 3. The molecule has 0 atom stereocenters. The maximum atomic E-state index is 13.1. The lowest BCUT2D eigenvalue weighted by atomic mass is 9.88. The van der Waals surface area contributed by atoms with Gasteiger partial charge in [-0.3, -0.25) is 16.0 Å². The summed E-state index contributed by atoms with van der Waals surface area (Å²) in [6.07, 6.45) is 4.38. The third-order valence-corrected chi connectivity index (χ3v) is 10.4. The molecule has 15 heteroatoms. The highest BCUT2D eigenvalue weighted by molar-refractivity contribution is 5.86. The van der Waals surface area contributed by atoms with Crippen LogP contribution in [0.1, 0.15) is 46.7 Å². The molecule has 3 N–H and O–H groups in total. The Morgan fingerprint density at radius 3 is 0.848 bits per heavy atom. The van der Waals surface area contributed by atoms with Crippen molar-refractivity contribution in [2.75, 3.05) is 35.8 Å². The van der Waals surface area contributed by atoms with Crippen molar-refractivity contribution in [2.45, 2.75) is 32.6 Å². The number of benzene rings is 6. The lowest BCUT2D eigenvalue weighted by Crippen LogP contribution is -2.40. The average molecular weight is 885 g/mol. The van der Waals surface area contributed by atoms with Crippen LogP contribution in [0.4, 0.5) is 48.5 Å². The van der Waals surface area contributed by atoms with Crippen LogP contribution in [0.25, 0.3) is 0 Å². The van der Waals surface area contributed by atoms with E-state index in [9.17, 15) is 28.8 Å². The highest BCUT2D eigenvalue weighted by Gasteiger charge is 2.34. The largest absolute Gasteiger partial charge is 0.448 e. The Labute approximate surface area is 380 Å². The summed E-state index contributed by atoms with van der Waals surface area (Å²) in [5.41, 5.74) is 7.79. The van der Waals surface area contributed by atoms with E-state index in [-0.39, 0.29) is 26.2 Å². The summed E-state index contributed by atoms with van der Waals surface area (Å²) < 4.78 is 17.0. The van der Waals surface area contributed by atoms with Gasteiger partial charge in [0.2, 0.25) is 18.2 Å². The molecule has 0 aromatic heterocycles. The molecule has 0 spiro atoms. The van der Waals surface area contributed by atoms with E-state index in [1.54, 1.807) is 79.7 Å². The molecule has 3 amide bonds. The molecular weight excluding hydrogens is 841 g/mol. The number of rotatable bonds is 19. The van der Waals surface area contributed by atoms with Crippen molar-refractivity contribution >= 4 is 70.6 Å². The number of amides is 3. The summed E-state index contributed by atoms with van der Waals surface area (Å²) in [6, 6.07) is 43.2. The summed E-state index contributed by atoms with van der Waals surface area (Å²) in [7, 11) is 0. The Morgan fingerprint density at radius 2 is 0.636 bits per heavy atom. The molecule has 6 rings (SSSR count). The van der Waals surface area contributed by atoms with Gasteiger partial charge in [-0.1, -0.05) is 79.7 Å². The van der Waals surface area contributed by atoms with Gasteiger partial charge in [0.05, 0.1) is 22.5 Å². The molecule has 6 aromatic rings. The molecule has 0 aliphatic carbocycles. The van der Waals surface area contributed by atoms with Gasteiger partial charge in [0.15, 0.2) is 0 Å². The average Bonchev–Trinajstić information content (AvgIpc) is 3.33. The van der Waals surface area contributed by atoms with Gasteiger partial charge in [-0.15, -0.1) is 0 Å². The van der Waals surface area contributed by atoms with E-state index in [0.717, 1.165) is 33.4 Å². The second-order valence-electron chi connectivity index (χ2n) is 15.2. The van der Waals surface area contributed by atoms with Crippen LogP contribution in [0.5, 0.6) is 0 Å². The minimum absolute atomic E-state index is 0.271. The van der Waals surface area contributed by atoms with E-state index in [1.165, 1.54) is 18.2 Å². The summed E-state index contributed by atoms with van der Waals surface area (Å²) in [5.74, 6) is 0. The molecule has 0 aliphatic rings. The van der Waals surface area contributed by atoms with Crippen molar-refractivity contribution in [3.05, 3.63) is 179 Å². The maximum absolute atomic E-state index is 13.1. The first-order valence-corrected chi connectivity index (χ1v) is 20.7. The Morgan fingerprint density at radius 1 is 0.409 bits per heavy atom. The van der Waals surface area contributed by atoms with Gasteiger partial charge in [0, 0.05) is 17.1 Å². The molecule has 15 nitrogen and oxygen atoms in total. The predicted molar refractivity (Wildman–Crippen MR) is 248 cm³/mol. The molecule has 0 saturated carbocycles. The number of carbonyl (C=O) groups excluding carboxylic acids is 6. The number of nitrogens with one attached hydrogen (secondary N) is 3. The Bertz CT molecular complexity index is 2430. The van der Waals surface area contributed by atoms with E-state index in [2.05, 4.69) is 30.9 Å². The van der Waals surface area contributed by atoms with Crippen LogP contribution in [0, 0.1) is 5.41 Å². The van der Waals surface area contributed by atoms with Gasteiger partial charge >= 0.3 is 18.3 Å². The second kappa shape index (κ2) is 23.6. The minimum Gasteiger partial charge on any atom is -0.448 e. The van der Waals surface area contributed by atoms with Gasteiger partial charge in [-0.05, 0) is 132 Å². The zero-order valence-electron chi connectivity index (χ0n) is 35.8. The van der Waals surface area contributed by atoms with E-state index < -0.39 is 23.7 Å². The molecule has 6 aromatic carbocycles. The first kappa shape index (κ1) is 46.8. The number of hydrogen-bond acceptors (Lipinski definition) is 12. The third-order valence-electron chi connectivity index (χ3n) is 10.4. The zero-order valence-corrected chi connectivity index (χ0v) is 35.8. The quantitative estimate of drug-likeness (QED) is 0.0402. The molecule has 0 heterocycles. The van der Waals surface area contributed by atoms with Gasteiger partial charge < -0.3 is 14.2 Å². The fourth-order valence-electron chi connectivity index (χ4n) is 6.60. The molecule has 0 bridgehead atoms. The fourth-order valence-corrected chi connectivity index (χ4v) is 6.60. The molecule has 66 heavy (non-hydrogen) atoms. The van der Waals surface area contributed by atoms with E-state index in [1.807, 2.05) is 72.8 Å². The molecular formula is C51H44N6O9. The maximum Gasteiger partial charge on any atom is 0.411 e. The number of carbonyl (C=O) groups is 3. The van der Waals surface area contributed by atoms with E-state index in [0.29, 0.717) is 53.4 Å². The monoisotopic (exact) mass is 884 g/mol. The van der Waals surface area contributed by atoms with Crippen LogP contribution in [0.15, 0.2) is 161 Å². The normalized spacial score (nSPS) is 11.2. The first-order chi connectivity index (χ1) is 32.1. The smallest absolute Gasteiger partial charge is 0.411 e. The second-order valence-corrected chi connectivity index (χ2v) is 15.2. The first-order valence-electron chi connectivity index (χ1n) is 20.7. The van der Waals surface area contributed by atoms with Crippen LogP contribution < -0.4 is 16.0 Å². The summed E-state index contributed by atoms with van der Waals surface area (Å²) >= 11 is 0. The number of nitrogens with zero attached hydrogens (tertiary/aromatic N) is 3. The minimum atomic E-state index is -1.14. The number of isocyanates is 3. The zero-order chi connectivity index (χ0) is 46.6. The number of hydrogen-bond donors (Lipinski definition) is 3. The fraction of sp³-hybridized carbons (Fsp3) is 0.176. The van der Waals surface area contributed by atoms with Gasteiger partial charge in [-0.2, -0.15) is 15.0 Å². The van der Waals surface area contributed by atoms with Gasteiger partial charge in [0.1, 0.15) is 19.8 Å². The Hall–Kier alpha value is -8.73. The van der Waals surface area contributed by atoms with Crippen molar-refractivity contribution in [1.29, 1.82) is 0 Å². The van der Waals surface area contributed by atoms with Crippen LogP contribution in [0.3, 0.4) is 0 Å². The number of anilines is 3. The summed E-state index contributed by atoms with van der Waals surface area (Å²) in [4.78, 5) is 81.7. The molecule has 0 radical (unpaired) electrons. The van der Waals surface area contributed by atoms with Gasteiger partial charge in [-0.25, -0.2) is 28.8 Å². The van der Waals surface area contributed by atoms with Crippen LogP contribution >= 0.6 is 0 Å². The van der Waals surface area contributed by atoms with Crippen molar-refractivity contribution in [1.82, 2.24) is 0 Å². The van der Waals surface area contributed by atoms with Crippen molar-refractivity contribution in [2.24, 2.45) is 20.4 Å². The van der Waals surface area contributed by atoms with E-state index in [4.69, 9.17) is 14.2 Å². The Kier molecular flexibility index (Phi) is 16.8. The third kappa shape index (κ3) is 14.7. The van der Waals surface area contributed by atoms with Crippen LogP contribution in [-0.4, -0.2) is 56.3 Å². The van der Waals surface area contributed by atoms with Crippen molar-refractivity contribution in [3.8, 4) is 0 Å². The topological polar surface area (TPSA) is 203 Å². The Balaban J connectivity index is 1.05. The molecule has 0 fully saturated rings. The van der Waals surface area contributed by atoms with E-state index >= 15 is 0 Å². The summed E-state index contributed by atoms with van der Waals surface area (Å²) in [6.45, 7) is 0.987. The standard InChI is InChI=1S/C51H44N6O9/c1-2-51(30-64-48(61)55-45-21-9-39(10-22-45)27-36-3-15-42(16-4-36)52-33-58,31-65-49(62)56-46-23-11-40(12-24-46)28-37-5-17-43(18-6-37)53-34-59)32-66-50(63)57-47-25-13-41(14-26-47)29-38-7-19-44(20-8-38)54-35-60/h3-26H,2,27-32H2,1H3,(H,55,61)(H,56,62)(H,57,63). The highest BCUT2D eigenvalue weighted by Crippen LogP contribution is 2.26.